The van der Waals surface area contributed by atoms with E-state index in [1.807, 2.05) is 0 Å². The molecule has 5 rings (SSSR count). The number of nitrogens with two attached hydrogens (primary N) is 1. The van der Waals surface area contributed by atoms with E-state index < -0.39 is 50.4 Å². The number of aliphatic hydroxyl groups excluding tert-OH is 1. The Morgan fingerprint density at radius 2 is 2.07 bits per heavy atom. The van der Waals surface area contributed by atoms with E-state index in [0.29, 0.717) is 22.3 Å². The molecule has 0 aliphatic carbocycles. The lowest BCUT2D eigenvalue weighted by Gasteiger charge is -2.27. The predicted octanol–water partition coefficient (Wildman–Crippen LogP) is 2.16. The normalized spacial score (nSPS) is 24.4. The van der Waals surface area contributed by atoms with Crippen molar-refractivity contribution >= 4 is 30.6 Å². The van der Waals surface area contributed by atoms with Crippen LogP contribution in [0.4, 0.5) is 5.82 Å². The number of H-pyrrole nitrogens is 1. The fourth-order valence-electron chi connectivity index (χ4n) is 4.71. The topological polar surface area (TPSA) is 209 Å². The molecule has 4 heterocycles. The van der Waals surface area contributed by atoms with E-state index in [1.54, 1.807) is 55.7 Å². The van der Waals surface area contributed by atoms with Crippen LogP contribution >= 0.6 is 7.75 Å². The van der Waals surface area contributed by atoms with Gasteiger partial charge in [-0.1, -0.05) is 18.2 Å². The molecule has 1 aromatic carbocycles. The Hall–Kier alpha value is -3.85. The highest BCUT2D eigenvalue weighted by Gasteiger charge is 2.54. The lowest BCUT2D eigenvalue weighted by atomic mass is 9.96. The van der Waals surface area contributed by atoms with Crippen LogP contribution in [0.5, 0.6) is 5.75 Å². The first-order chi connectivity index (χ1) is 20.0. The fraction of sp³-hybridized carbons (Fsp3) is 0.385. The summed E-state index contributed by atoms with van der Waals surface area (Å²) in [6.45, 7) is 4.14. The molecule has 0 radical (unpaired) electrons. The third-order valence-electron chi connectivity index (χ3n) is 6.81. The number of ether oxygens (including phenoxy) is 2. The van der Waals surface area contributed by atoms with Crippen LogP contribution in [-0.2, 0) is 23.4 Å². The zero-order valence-electron chi connectivity index (χ0n) is 23.1. The second-order valence-electron chi connectivity index (χ2n) is 9.88. The molecular formula is C26H32N7O8P. The highest BCUT2D eigenvalue weighted by molar-refractivity contribution is 7.52. The van der Waals surface area contributed by atoms with Crippen molar-refractivity contribution < 1.29 is 38.1 Å². The Balaban J connectivity index is 1.41. The van der Waals surface area contributed by atoms with Crippen molar-refractivity contribution in [2.45, 2.75) is 50.8 Å². The second-order valence-corrected chi connectivity index (χ2v) is 11.6. The van der Waals surface area contributed by atoms with Gasteiger partial charge in [0.25, 0.3) is 0 Å². The predicted molar refractivity (Wildman–Crippen MR) is 150 cm³/mol. The van der Waals surface area contributed by atoms with Gasteiger partial charge in [-0.05, 0) is 39.0 Å². The zero-order valence-corrected chi connectivity index (χ0v) is 24.0. The molecule has 0 saturated carbocycles. The van der Waals surface area contributed by atoms with Gasteiger partial charge in [0.2, 0.25) is 0 Å². The second kappa shape index (κ2) is 11.8. The largest absolute Gasteiger partial charge is 0.465 e. The van der Waals surface area contributed by atoms with Crippen molar-refractivity contribution in [1.82, 2.24) is 29.8 Å². The Bertz CT molecular complexity index is 1580. The summed E-state index contributed by atoms with van der Waals surface area (Å²) >= 11 is 0. The number of nitrogen functional groups attached to an aromatic ring is 1. The van der Waals surface area contributed by atoms with E-state index in [0.717, 1.165) is 0 Å². The summed E-state index contributed by atoms with van der Waals surface area (Å²) < 4.78 is 37.8. The standard InChI is InChI=1S/C26H32N7O8P/c1-4-38-24(35)15(2)32-42(37,41-16-8-6-5-7-9-16)39-13-19-21(34)26(3,36)25(40-19)33-12-17(18-10-11-30-31-18)20-22(27)28-14-29-23(20)33/h5-12,14-15,19,21,25,34,36H,4,13H2,1-3H3,(H,30,31)(H,32,37)(H2,27,28,29)/t15-,19-,21-,25-,26-,42?/m1/s1. The van der Waals surface area contributed by atoms with Crippen LogP contribution in [0.3, 0.4) is 0 Å². The summed E-state index contributed by atoms with van der Waals surface area (Å²) in [5, 5.41) is 32.5. The molecule has 42 heavy (non-hydrogen) atoms. The van der Waals surface area contributed by atoms with Gasteiger partial charge in [0.15, 0.2) is 6.23 Å². The van der Waals surface area contributed by atoms with Crippen LogP contribution in [0.1, 0.15) is 27.0 Å². The first-order valence-electron chi connectivity index (χ1n) is 13.1. The smallest absolute Gasteiger partial charge is 0.459 e. The molecule has 6 atom stereocenters. The van der Waals surface area contributed by atoms with Gasteiger partial charge in [-0.2, -0.15) is 10.2 Å². The molecule has 0 spiro atoms. The van der Waals surface area contributed by atoms with Crippen molar-refractivity contribution in [1.29, 1.82) is 0 Å². The van der Waals surface area contributed by atoms with Crippen LogP contribution in [0.2, 0.25) is 0 Å². The molecule has 4 aromatic rings. The summed E-state index contributed by atoms with van der Waals surface area (Å²) in [5.74, 6) is -0.251. The number of hydrogen-bond acceptors (Lipinski definition) is 12. The van der Waals surface area contributed by atoms with Crippen LogP contribution < -0.4 is 15.3 Å². The summed E-state index contributed by atoms with van der Waals surface area (Å²) in [7, 11) is -4.24. The van der Waals surface area contributed by atoms with Gasteiger partial charge in [-0.3, -0.25) is 14.4 Å². The first kappa shape index (κ1) is 29.6. The lowest BCUT2D eigenvalue weighted by Crippen LogP contribution is -2.44. The molecule has 16 heteroatoms. The molecule has 3 aromatic heterocycles. The lowest BCUT2D eigenvalue weighted by molar-refractivity contribution is -0.144. The molecule has 1 aliphatic heterocycles. The Labute approximate surface area is 240 Å². The molecule has 1 saturated heterocycles. The van der Waals surface area contributed by atoms with Crippen LogP contribution in [-0.4, -0.2) is 78.0 Å². The molecule has 6 N–H and O–H groups in total. The van der Waals surface area contributed by atoms with Crippen molar-refractivity contribution in [2.75, 3.05) is 18.9 Å². The number of carbonyl (C=O) groups excluding carboxylic acids is 1. The highest BCUT2D eigenvalue weighted by atomic mass is 31.2. The number of rotatable bonds is 11. The third kappa shape index (κ3) is 5.75. The number of fused-ring (bicyclic) bond motifs is 1. The molecule has 0 amide bonds. The zero-order chi connectivity index (χ0) is 30.1. The van der Waals surface area contributed by atoms with Gasteiger partial charge in [0, 0.05) is 18.0 Å². The summed E-state index contributed by atoms with van der Waals surface area (Å²) in [6.07, 6.45) is 0.663. The maximum absolute atomic E-state index is 13.8. The Morgan fingerprint density at radius 1 is 1.31 bits per heavy atom. The average molecular weight is 602 g/mol. The fourth-order valence-corrected chi connectivity index (χ4v) is 6.22. The number of para-hydroxylation sites is 1. The van der Waals surface area contributed by atoms with E-state index in [1.165, 1.54) is 24.7 Å². The van der Waals surface area contributed by atoms with Crippen LogP contribution in [0.25, 0.3) is 22.3 Å². The van der Waals surface area contributed by atoms with E-state index >= 15 is 0 Å². The Morgan fingerprint density at radius 3 is 2.76 bits per heavy atom. The van der Waals surface area contributed by atoms with E-state index in [2.05, 4.69) is 25.3 Å². The average Bonchev–Trinajstić information content (AvgIpc) is 3.67. The molecule has 224 valence electrons. The number of nitrogens with one attached hydrogen (secondary N) is 2. The molecule has 0 bridgehead atoms. The van der Waals surface area contributed by atoms with Crippen molar-refractivity contribution in [3.63, 3.8) is 0 Å². The molecular weight excluding hydrogens is 569 g/mol. The maximum Gasteiger partial charge on any atom is 0.459 e. The molecule has 1 fully saturated rings. The highest BCUT2D eigenvalue weighted by Crippen LogP contribution is 2.48. The third-order valence-corrected chi connectivity index (χ3v) is 8.45. The minimum atomic E-state index is -4.24. The molecule has 1 aliphatic rings. The number of nitrogens with zero attached hydrogens (tertiary/aromatic N) is 4. The van der Waals surface area contributed by atoms with Crippen LogP contribution in [0.15, 0.2) is 55.1 Å². The maximum atomic E-state index is 13.8. The molecule has 15 nitrogen and oxygen atoms in total. The van der Waals surface area contributed by atoms with Crippen molar-refractivity contribution in [3.8, 4) is 17.0 Å². The van der Waals surface area contributed by atoms with Gasteiger partial charge in [0.1, 0.15) is 47.4 Å². The van der Waals surface area contributed by atoms with Gasteiger partial charge in [0.05, 0.1) is 24.3 Å². The summed E-state index contributed by atoms with van der Waals surface area (Å²) in [6, 6.07) is 8.91. The first-order valence-corrected chi connectivity index (χ1v) is 14.7. The number of hydrogen-bond donors (Lipinski definition) is 5. The van der Waals surface area contributed by atoms with Crippen LogP contribution in [0, 0.1) is 0 Å². The van der Waals surface area contributed by atoms with Gasteiger partial charge in [-0.15, -0.1) is 0 Å². The number of esters is 1. The van der Waals surface area contributed by atoms with E-state index in [-0.39, 0.29) is 18.2 Å². The van der Waals surface area contributed by atoms with Crippen molar-refractivity contribution in [3.05, 3.63) is 55.1 Å². The van der Waals surface area contributed by atoms with Gasteiger partial charge >= 0.3 is 13.7 Å². The quantitative estimate of drug-likeness (QED) is 0.123. The van der Waals surface area contributed by atoms with E-state index in [4.69, 9.17) is 24.3 Å². The minimum absolute atomic E-state index is 0.126. The number of carbonyl (C=O) groups is 1. The Kier molecular flexibility index (Phi) is 8.32. The SMILES string of the molecule is CCOC(=O)[C@@H](C)NP(=O)(OC[C@H]1O[C@@H](n2cc(-c3ccn[nH]3)c3c(N)ncnc32)[C@](C)(O)[C@@H]1O)Oc1ccccc1. The number of aromatic nitrogens is 5. The van der Waals surface area contributed by atoms with Crippen molar-refractivity contribution in [2.24, 2.45) is 0 Å². The number of anilines is 1. The van der Waals surface area contributed by atoms with Gasteiger partial charge in [-0.25, -0.2) is 14.5 Å². The monoisotopic (exact) mass is 601 g/mol. The minimum Gasteiger partial charge on any atom is -0.465 e. The number of benzene rings is 1. The summed E-state index contributed by atoms with van der Waals surface area (Å²) in [5.41, 5.74) is 5.89. The van der Waals surface area contributed by atoms with Gasteiger partial charge < -0.3 is 34.5 Å². The number of aromatic amines is 1. The summed E-state index contributed by atoms with van der Waals surface area (Å²) in [4.78, 5) is 20.7. The van der Waals surface area contributed by atoms with E-state index in [9.17, 15) is 19.6 Å². The molecule has 1 unspecified atom stereocenters. The number of aliphatic hydroxyl groups is 2.